The highest BCUT2D eigenvalue weighted by molar-refractivity contribution is 7.94. The van der Waals surface area contributed by atoms with Crippen molar-refractivity contribution in [2.24, 2.45) is 0 Å². The number of hydrogen-bond donors (Lipinski definition) is 2. The van der Waals surface area contributed by atoms with Gasteiger partial charge in [-0.25, -0.2) is 8.42 Å². The number of nitrogens with one attached hydrogen (secondary N) is 2. The molecule has 0 aliphatic heterocycles. The summed E-state index contributed by atoms with van der Waals surface area (Å²) in [6.45, 7) is 4.98. The van der Waals surface area contributed by atoms with Gasteiger partial charge in [0.05, 0.1) is 10.4 Å². The Morgan fingerprint density at radius 1 is 1.11 bits per heavy atom. The van der Waals surface area contributed by atoms with E-state index in [0.29, 0.717) is 5.69 Å². The van der Waals surface area contributed by atoms with Gasteiger partial charge in [-0.1, -0.05) is 12.1 Å². The predicted octanol–water partition coefficient (Wildman–Crippen LogP) is 2.62. The summed E-state index contributed by atoms with van der Waals surface area (Å²) in [5.41, 5.74) is 2.40. The summed E-state index contributed by atoms with van der Waals surface area (Å²) >= 11 is 0. The van der Waals surface area contributed by atoms with Crippen LogP contribution in [0.15, 0.2) is 36.5 Å². The van der Waals surface area contributed by atoms with Gasteiger partial charge in [-0.2, -0.15) is 5.10 Å². The van der Waals surface area contributed by atoms with Crippen molar-refractivity contribution in [2.75, 3.05) is 4.72 Å². The molecule has 1 heterocycles. The van der Waals surface area contributed by atoms with E-state index in [9.17, 15) is 8.42 Å². The zero-order valence-electron chi connectivity index (χ0n) is 11.1. The van der Waals surface area contributed by atoms with Crippen LogP contribution in [-0.4, -0.2) is 23.4 Å². The Kier molecular flexibility index (Phi) is 3.36. The lowest BCUT2D eigenvalue weighted by atomic mass is 10.1. The second kappa shape index (κ2) is 4.70. The lowest BCUT2D eigenvalue weighted by molar-refractivity contribution is 0.566. The third-order valence-corrected chi connectivity index (χ3v) is 4.87. The first kappa shape index (κ1) is 13.6. The van der Waals surface area contributed by atoms with E-state index in [0.717, 1.165) is 11.3 Å². The van der Waals surface area contributed by atoms with E-state index in [1.54, 1.807) is 39.1 Å². The molecule has 5 nitrogen and oxygen atoms in total. The normalized spacial score (nSPS) is 12.4. The maximum Gasteiger partial charge on any atom is 0.237 e. The molecule has 0 spiro atoms. The summed E-state index contributed by atoms with van der Waals surface area (Å²) in [5.74, 6) is 0. The van der Waals surface area contributed by atoms with Crippen LogP contribution in [0.1, 0.15) is 20.8 Å². The number of anilines is 1. The largest absolute Gasteiger partial charge is 0.283 e. The van der Waals surface area contributed by atoms with Gasteiger partial charge in [-0.05, 0) is 44.5 Å². The van der Waals surface area contributed by atoms with E-state index >= 15 is 0 Å². The highest BCUT2D eigenvalue weighted by atomic mass is 32.2. The van der Waals surface area contributed by atoms with E-state index in [4.69, 9.17) is 0 Å². The first-order chi connectivity index (χ1) is 8.79. The Labute approximate surface area is 113 Å². The highest BCUT2D eigenvalue weighted by Crippen LogP contribution is 2.22. The lowest BCUT2D eigenvalue weighted by Crippen LogP contribution is -2.33. The van der Waals surface area contributed by atoms with Gasteiger partial charge in [-0.3, -0.25) is 9.82 Å². The first-order valence-electron chi connectivity index (χ1n) is 5.92. The van der Waals surface area contributed by atoms with E-state index in [1.165, 1.54) is 0 Å². The standard InChI is InChI=1S/C13H17N3O2S/c1-13(2,3)19(17,18)16-11-6-4-10(5-7-11)12-8-9-14-15-12/h4-9,16H,1-3H3,(H,14,15). The van der Waals surface area contributed by atoms with E-state index < -0.39 is 14.8 Å². The molecule has 0 atom stereocenters. The molecule has 2 rings (SSSR count). The van der Waals surface area contributed by atoms with Gasteiger partial charge in [0.15, 0.2) is 0 Å². The van der Waals surface area contributed by atoms with Gasteiger partial charge in [0.2, 0.25) is 10.0 Å². The van der Waals surface area contributed by atoms with Crippen LogP contribution < -0.4 is 4.72 Å². The summed E-state index contributed by atoms with van der Waals surface area (Å²) in [4.78, 5) is 0. The fourth-order valence-electron chi connectivity index (χ4n) is 1.44. The Morgan fingerprint density at radius 2 is 1.74 bits per heavy atom. The number of hydrogen-bond acceptors (Lipinski definition) is 3. The maximum atomic E-state index is 12.0. The zero-order valence-corrected chi connectivity index (χ0v) is 12.0. The molecule has 0 aliphatic rings. The molecule has 1 aromatic carbocycles. The first-order valence-corrected chi connectivity index (χ1v) is 7.40. The van der Waals surface area contributed by atoms with Gasteiger partial charge in [0.25, 0.3) is 0 Å². The molecule has 102 valence electrons. The molecule has 2 aromatic rings. The summed E-state index contributed by atoms with van der Waals surface area (Å²) in [6.07, 6.45) is 1.67. The molecule has 1 aromatic heterocycles. The molecule has 0 fully saturated rings. The summed E-state index contributed by atoms with van der Waals surface area (Å²) in [7, 11) is -3.39. The zero-order chi connectivity index (χ0) is 14.1. The van der Waals surface area contributed by atoms with Gasteiger partial charge in [-0.15, -0.1) is 0 Å². The van der Waals surface area contributed by atoms with Crippen LogP contribution in [0.25, 0.3) is 11.3 Å². The van der Waals surface area contributed by atoms with Crippen LogP contribution in [0.2, 0.25) is 0 Å². The number of rotatable bonds is 3. The van der Waals surface area contributed by atoms with Gasteiger partial charge >= 0.3 is 0 Å². The maximum absolute atomic E-state index is 12.0. The molecule has 0 radical (unpaired) electrons. The Bertz CT molecular complexity index is 638. The van der Waals surface area contributed by atoms with Crippen LogP contribution in [0.5, 0.6) is 0 Å². The van der Waals surface area contributed by atoms with Gasteiger partial charge < -0.3 is 0 Å². The Hall–Kier alpha value is -1.82. The minimum Gasteiger partial charge on any atom is -0.283 e. The summed E-state index contributed by atoms with van der Waals surface area (Å²) in [5, 5.41) is 6.73. The number of H-pyrrole nitrogens is 1. The van der Waals surface area contributed by atoms with Crippen LogP contribution >= 0.6 is 0 Å². The Morgan fingerprint density at radius 3 is 2.21 bits per heavy atom. The smallest absolute Gasteiger partial charge is 0.237 e. The quantitative estimate of drug-likeness (QED) is 0.907. The van der Waals surface area contributed by atoms with Crippen molar-refractivity contribution < 1.29 is 8.42 Å². The third-order valence-electron chi connectivity index (χ3n) is 2.76. The van der Waals surface area contributed by atoms with Gasteiger partial charge in [0, 0.05) is 11.9 Å². The molecule has 0 saturated heterocycles. The number of aromatic amines is 1. The lowest BCUT2D eigenvalue weighted by Gasteiger charge is -2.20. The van der Waals surface area contributed by atoms with Gasteiger partial charge in [0.1, 0.15) is 0 Å². The molecule has 19 heavy (non-hydrogen) atoms. The van der Waals surface area contributed by atoms with Crippen LogP contribution in [0.4, 0.5) is 5.69 Å². The third kappa shape index (κ3) is 2.96. The fourth-order valence-corrected chi connectivity index (χ4v) is 2.20. The van der Waals surface area contributed by atoms with Crippen molar-refractivity contribution in [3.8, 4) is 11.3 Å². The van der Waals surface area contributed by atoms with E-state index in [2.05, 4.69) is 14.9 Å². The molecular weight excluding hydrogens is 262 g/mol. The van der Waals surface area contributed by atoms with Crippen LogP contribution in [0, 0.1) is 0 Å². The predicted molar refractivity (Wildman–Crippen MR) is 76.3 cm³/mol. The average molecular weight is 279 g/mol. The molecule has 0 saturated carbocycles. The summed E-state index contributed by atoms with van der Waals surface area (Å²) in [6, 6.07) is 9.01. The van der Waals surface area contributed by atoms with Crippen molar-refractivity contribution >= 4 is 15.7 Å². The molecule has 0 unspecified atom stereocenters. The molecule has 0 bridgehead atoms. The summed E-state index contributed by atoms with van der Waals surface area (Å²) < 4.78 is 25.8. The fraction of sp³-hybridized carbons (Fsp3) is 0.308. The topological polar surface area (TPSA) is 74.8 Å². The SMILES string of the molecule is CC(C)(C)S(=O)(=O)Nc1ccc(-c2ccn[nH]2)cc1. The Balaban J connectivity index is 2.21. The van der Waals surface area contributed by atoms with Crippen LogP contribution in [0.3, 0.4) is 0 Å². The van der Waals surface area contributed by atoms with E-state index in [-0.39, 0.29) is 0 Å². The van der Waals surface area contributed by atoms with Crippen molar-refractivity contribution in [1.29, 1.82) is 0 Å². The molecule has 6 heteroatoms. The monoisotopic (exact) mass is 279 g/mol. The molecular formula is C13H17N3O2S. The van der Waals surface area contributed by atoms with E-state index in [1.807, 2.05) is 18.2 Å². The number of sulfonamides is 1. The van der Waals surface area contributed by atoms with Crippen LogP contribution in [-0.2, 0) is 10.0 Å². The van der Waals surface area contributed by atoms with Crippen molar-refractivity contribution in [1.82, 2.24) is 10.2 Å². The highest BCUT2D eigenvalue weighted by Gasteiger charge is 2.28. The van der Waals surface area contributed by atoms with Crippen molar-refractivity contribution in [3.63, 3.8) is 0 Å². The average Bonchev–Trinajstić information content (AvgIpc) is 2.81. The van der Waals surface area contributed by atoms with Crippen molar-refractivity contribution in [3.05, 3.63) is 36.5 Å². The number of aromatic nitrogens is 2. The minimum absolute atomic E-state index is 0.554. The number of benzene rings is 1. The molecule has 0 aliphatic carbocycles. The molecule has 2 N–H and O–H groups in total. The second-order valence-electron chi connectivity index (χ2n) is 5.27. The number of nitrogens with zero attached hydrogens (tertiary/aromatic N) is 1. The second-order valence-corrected chi connectivity index (χ2v) is 7.70. The van der Waals surface area contributed by atoms with Crippen molar-refractivity contribution in [2.45, 2.75) is 25.5 Å². The minimum atomic E-state index is -3.39. The molecule has 0 amide bonds.